The lowest BCUT2D eigenvalue weighted by atomic mass is 10.1. The molecule has 0 heterocycles. The number of carbonyl (C=O) groups is 1. The molecule has 0 unspecified atom stereocenters. The number of hydrogen-bond donors (Lipinski definition) is 2. The molecule has 1 rings (SSSR count). The summed E-state index contributed by atoms with van der Waals surface area (Å²) in [5.74, 6) is 0.537. The first-order valence-corrected chi connectivity index (χ1v) is 6.95. The number of nitrogens with two attached hydrogens (primary N) is 1. The molecule has 5 heteroatoms. The summed E-state index contributed by atoms with van der Waals surface area (Å²) in [6.45, 7) is 3.08. The number of carbonyl (C=O) groups excluding carboxylic acids is 1. The summed E-state index contributed by atoms with van der Waals surface area (Å²) < 4.78 is 10.4. The van der Waals surface area contributed by atoms with Crippen LogP contribution in [0.5, 0.6) is 5.75 Å². The molecule has 0 saturated heterocycles. The summed E-state index contributed by atoms with van der Waals surface area (Å²) >= 11 is 0. The fraction of sp³-hybridized carbons (Fsp3) is 0.533. The van der Waals surface area contributed by atoms with E-state index in [4.69, 9.17) is 15.2 Å². The molecule has 0 bridgehead atoms. The van der Waals surface area contributed by atoms with Crippen LogP contribution in [0.4, 0.5) is 5.69 Å². The lowest BCUT2D eigenvalue weighted by Crippen LogP contribution is -2.35. The summed E-state index contributed by atoms with van der Waals surface area (Å²) in [6, 6.07) is 6.79. The Hall–Kier alpha value is -1.59. The molecule has 0 aliphatic rings. The monoisotopic (exact) mass is 280 g/mol. The number of nitrogens with one attached hydrogen (secondary N) is 1. The van der Waals surface area contributed by atoms with Crippen LogP contribution in [0.2, 0.25) is 0 Å². The first-order valence-electron chi connectivity index (χ1n) is 6.95. The highest BCUT2D eigenvalue weighted by atomic mass is 16.5. The van der Waals surface area contributed by atoms with Crippen LogP contribution < -0.4 is 15.8 Å². The van der Waals surface area contributed by atoms with E-state index in [-0.39, 0.29) is 5.91 Å². The normalized spacial score (nSPS) is 11.9. The maximum absolute atomic E-state index is 11.9. The van der Waals surface area contributed by atoms with E-state index >= 15 is 0 Å². The predicted molar refractivity (Wildman–Crippen MR) is 79.9 cm³/mol. The molecule has 0 radical (unpaired) electrons. The molecule has 0 fully saturated rings. The molecule has 0 spiro atoms. The minimum atomic E-state index is -0.465. The third-order valence-electron chi connectivity index (χ3n) is 2.86. The molecule has 0 saturated carbocycles. The predicted octanol–water partition coefficient (Wildman–Crippen LogP) is 2.17. The standard InChI is InChI=1S/C15H24N2O3/c1-3-4-8-14(16)15(18)17-12-6-5-7-13(11-12)20-10-9-19-2/h5-7,11,14H,3-4,8-10,16H2,1-2H3,(H,17,18)/t14-/m0/s1. The molecule has 112 valence electrons. The number of methoxy groups -OCH3 is 1. The molecule has 20 heavy (non-hydrogen) atoms. The van der Waals surface area contributed by atoms with Gasteiger partial charge in [0.25, 0.3) is 0 Å². The lowest BCUT2D eigenvalue weighted by molar-refractivity contribution is -0.117. The topological polar surface area (TPSA) is 73.6 Å². The van der Waals surface area contributed by atoms with Gasteiger partial charge in [0.1, 0.15) is 12.4 Å². The van der Waals surface area contributed by atoms with Gasteiger partial charge in [0.15, 0.2) is 0 Å². The molecular formula is C15H24N2O3. The number of hydrogen-bond acceptors (Lipinski definition) is 4. The smallest absolute Gasteiger partial charge is 0.241 e. The summed E-state index contributed by atoms with van der Waals surface area (Å²) in [6.07, 6.45) is 2.69. The van der Waals surface area contributed by atoms with E-state index < -0.39 is 6.04 Å². The zero-order valence-corrected chi connectivity index (χ0v) is 12.2. The number of anilines is 1. The van der Waals surface area contributed by atoms with Crippen molar-refractivity contribution >= 4 is 11.6 Å². The maximum atomic E-state index is 11.9. The van der Waals surface area contributed by atoms with Crippen LogP contribution >= 0.6 is 0 Å². The molecule has 3 N–H and O–H groups in total. The maximum Gasteiger partial charge on any atom is 0.241 e. The molecule has 0 aliphatic heterocycles. The van der Waals surface area contributed by atoms with Gasteiger partial charge in [0, 0.05) is 18.9 Å². The van der Waals surface area contributed by atoms with E-state index in [1.807, 2.05) is 18.2 Å². The fourth-order valence-corrected chi connectivity index (χ4v) is 1.70. The average Bonchev–Trinajstić information content (AvgIpc) is 2.45. The van der Waals surface area contributed by atoms with Crippen molar-refractivity contribution in [3.8, 4) is 5.75 Å². The molecule has 0 aliphatic carbocycles. The highest BCUT2D eigenvalue weighted by Gasteiger charge is 2.12. The van der Waals surface area contributed by atoms with E-state index in [0.29, 0.717) is 31.1 Å². The highest BCUT2D eigenvalue weighted by Crippen LogP contribution is 2.17. The summed E-state index contributed by atoms with van der Waals surface area (Å²) in [4.78, 5) is 11.9. The quantitative estimate of drug-likeness (QED) is 0.680. The van der Waals surface area contributed by atoms with E-state index in [1.165, 1.54) is 0 Å². The van der Waals surface area contributed by atoms with Gasteiger partial charge in [-0.2, -0.15) is 0 Å². The van der Waals surface area contributed by atoms with Gasteiger partial charge in [-0.3, -0.25) is 4.79 Å². The third kappa shape index (κ3) is 6.04. The number of ether oxygens (including phenoxy) is 2. The third-order valence-corrected chi connectivity index (χ3v) is 2.86. The Morgan fingerprint density at radius 2 is 2.20 bits per heavy atom. The van der Waals surface area contributed by atoms with Gasteiger partial charge in [0.05, 0.1) is 12.6 Å². The summed E-state index contributed by atoms with van der Waals surface area (Å²) in [5, 5.41) is 2.81. The van der Waals surface area contributed by atoms with Crippen molar-refractivity contribution in [1.29, 1.82) is 0 Å². The van der Waals surface area contributed by atoms with Crippen molar-refractivity contribution in [2.24, 2.45) is 5.73 Å². The zero-order chi connectivity index (χ0) is 14.8. The molecule has 1 amide bonds. The van der Waals surface area contributed by atoms with Gasteiger partial charge in [0.2, 0.25) is 5.91 Å². The van der Waals surface area contributed by atoms with Crippen molar-refractivity contribution in [2.45, 2.75) is 32.2 Å². The first kappa shape index (κ1) is 16.5. The van der Waals surface area contributed by atoms with Crippen molar-refractivity contribution in [3.05, 3.63) is 24.3 Å². The van der Waals surface area contributed by atoms with Crippen LogP contribution in [-0.2, 0) is 9.53 Å². The first-order chi connectivity index (χ1) is 9.67. The Labute approximate surface area is 120 Å². The average molecular weight is 280 g/mol. The Morgan fingerprint density at radius 3 is 2.90 bits per heavy atom. The SMILES string of the molecule is CCCC[C@H](N)C(=O)Nc1cccc(OCCOC)c1. The van der Waals surface area contributed by atoms with Crippen LogP contribution in [0.25, 0.3) is 0 Å². The largest absolute Gasteiger partial charge is 0.491 e. The van der Waals surface area contributed by atoms with Crippen molar-refractivity contribution in [1.82, 2.24) is 0 Å². The Morgan fingerprint density at radius 1 is 1.40 bits per heavy atom. The van der Waals surface area contributed by atoms with Crippen LogP contribution in [0.1, 0.15) is 26.2 Å². The van der Waals surface area contributed by atoms with E-state index in [0.717, 1.165) is 12.8 Å². The van der Waals surface area contributed by atoms with Gasteiger partial charge < -0.3 is 20.5 Å². The zero-order valence-electron chi connectivity index (χ0n) is 12.2. The van der Waals surface area contributed by atoms with Gasteiger partial charge in [-0.25, -0.2) is 0 Å². The Kier molecular flexibility index (Phi) is 7.69. The summed E-state index contributed by atoms with van der Waals surface area (Å²) in [7, 11) is 1.62. The molecular weight excluding hydrogens is 256 g/mol. The van der Waals surface area contributed by atoms with Gasteiger partial charge >= 0.3 is 0 Å². The van der Waals surface area contributed by atoms with Crippen LogP contribution in [0.15, 0.2) is 24.3 Å². The van der Waals surface area contributed by atoms with Crippen molar-refractivity contribution in [3.63, 3.8) is 0 Å². The second-order valence-corrected chi connectivity index (χ2v) is 4.61. The number of unbranched alkanes of at least 4 members (excludes halogenated alkanes) is 1. The molecule has 1 aromatic carbocycles. The second kappa shape index (κ2) is 9.34. The molecule has 0 aromatic heterocycles. The number of amides is 1. The van der Waals surface area contributed by atoms with E-state index in [9.17, 15) is 4.79 Å². The van der Waals surface area contributed by atoms with E-state index in [2.05, 4.69) is 12.2 Å². The van der Waals surface area contributed by atoms with Gasteiger partial charge in [-0.05, 0) is 18.6 Å². The molecule has 1 atom stereocenters. The fourth-order valence-electron chi connectivity index (χ4n) is 1.70. The van der Waals surface area contributed by atoms with E-state index in [1.54, 1.807) is 13.2 Å². The minimum Gasteiger partial charge on any atom is -0.491 e. The highest BCUT2D eigenvalue weighted by molar-refractivity contribution is 5.94. The number of rotatable bonds is 9. The number of benzene rings is 1. The Bertz CT molecular complexity index is 410. The lowest BCUT2D eigenvalue weighted by Gasteiger charge is -2.13. The van der Waals surface area contributed by atoms with Crippen molar-refractivity contribution in [2.75, 3.05) is 25.6 Å². The van der Waals surface area contributed by atoms with Crippen molar-refractivity contribution < 1.29 is 14.3 Å². The second-order valence-electron chi connectivity index (χ2n) is 4.61. The molecule has 5 nitrogen and oxygen atoms in total. The van der Waals surface area contributed by atoms with Crippen LogP contribution in [0.3, 0.4) is 0 Å². The molecule has 1 aromatic rings. The van der Waals surface area contributed by atoms with Crippen LogP contribution in [-0.4, -0.2) is 32.3 Å². The van der Waals surface area contributed by atoms with Gasteiger partial charge in [-0.1, -0.05) is 25.8 Å². The minimum absolute atomic E-state index is 0.160. The van der Waals surface area contributed by atoms with Gasteiger partial charge in [-0.15, -0.1) is 0 Å². The van der Waals surface area contributed by atoms with Crippen LogP contribution in [0, 0.1) is 0 Å². The summed E-state index contributed by atoms with van der Waals surface area (Å²) in [5.41, 5.74) is 6.52. The Balaban J connectivity index is 2.50.